The van der Waals surface area contributed by atoms with E-state index in [1.165, 1.54) is 0 Å². The summed E-state index contributed by atoms with van der Waals surface area (Å²) in [6.45, 7) is 7.05. The molecule has 2 amide bonds. The third kappa shape index (κ3) is 3.63. The minimum atomic E-state index is -0.0353. The molecule has 2 rings (SSSR count). The molecule has 6 nitrogen and oxygen atoms in total. The molecule has 0 unspecified atom stereocenters. The predicted molar refractivity (Wildman–Crippen MR) is 86.9 cm³/mol. The van der Waals surface area contributed by atoms with Crippen molar-refractivity contribution >= 4 is 11.7 Å². The maximum absolute atomic E-state index is 11.9. The highest BCUT2D eigenvalue weighted by molar-refractivity contribution is 5.74. The summed E-state index contributed by atoms with van der Waals surface area (Å²) in [4.78, 5) is 16.0. The summed E-state index contributed by atoms with van der Waals surface area (Å²) in [7, 11) is 3.25. The van der Waals surface area contributed by atoms with E-state index < -0.39 is 0 Å². The molecule has 0 aromatic heterocycles. The Balaban J connectivity index is 1.96. The fourth-order valence-electron chi connectivity index (χ4n) is 2.46. The highest BCUT2D eigenvalue weighted by atomic mass is 16.5. The van der Waals surface area contributed by atoms with Crippen LogP contribution in [0.3, 0.4) is 0 Å². The SMILES string of the molecule is C=CCNC(=O)N1CCN(c2ccc(OC)c(OC)c2)CC1. The van der Waals surface area contributed by atoms with E-state index in [2.05, 4.69) is 16.8 Å². The number of benzene rings is 1. The van der Waals surface area contributed by atoms with Crippen LogP contribution in [0.5, 0.6) is 11.5 Å². The number of anilines is 1. The molecule has 0 spiro atoms. The molecule has 1 aromatic rings. The lowest BCUT2D eigenvalue weighted by molar-refractivity contribution is 0.195. The number of rotatable bonds is 5. The quantitative estimate of drug-likeness (QED) is 0.842. The van der Waals surface area contributed by atoms with Gasteiger partial charge in [0.25, 0.3) is 0 Å². The van der Waals surface area contributed by atoms with E-state index >= 15 is 0 Å². The molecule has 1 fully saturated rings. The molecule has 0 saturated carbocycles. The molecule has 1 aliphatic heterocycles. The first kappa shape index (κ1) is 16.0. The molecule has 120 valence electrons. The number of amides is 2. The van der Waals surface area contributed by atoms with Gasteiger partial charge in [-0.2, -0.15) is 0 Å². The van der Waals surface area contributed by atoms with Crippen LogP contribution in [0.2, 0.25) is 0 Å². The Morgan fingerprint density at radius 3 is 2.50 bits per heavy atom. The number of urea groups is 1. The van der Waals surface area contributed by atoms with Crippen molar-refractivity contribution < 1.29 is 14.3 Å². The maximum Gasteiger partial charge on any atom is 0.317 e. The van der Waals surface area contributed by atoms with E-state index in [1.54, 1.807) is 20.3 Å². The molecule has 0 aliphatic carbocycles. The van der Waals surface area contributed by atoms with Crippen LogP contribution in [-0.4, -0.2) is 57.9 Å². The minimum Gasteiger partial charge on any atom is -0.493 e. The lowest BCUT2D eigenvalue weighted by Crippen LogP contribution is -2.51. The van der Waals surface area contributed by atoms with Crippen molar-refractivity contribution in [3.8, 4) is 11.5 Å². The van der Waals surface area contributed by atoms with Gasteiger partial charge in [0.15, 0.2) is 11.5 Å². The molecule has 1 saturated heterocycles. The van der Waals surface area contributed by atoms with Gasteiger partial charge in [0, 0.05) is 44.5 Å². The standard InChI is InChI=1S/C16H23N3O3/c1-4-7-17-16(20)19-10-8-18(9-11-19)13-5-6-14(21-2)15(12-13)22-3/h4-6,12H,1,7-11H2,2-3H3,(H,17,20). The first-order valence-corrected chi connectivity index (χ1v) is 7.30. The Morgan fingerprint density at radius 2 is 1.91 bits per heavy atom. The van der Waals surface area contributed by atoms with Crippen molar-refractivity contribution in [3.63, 3.8) is 0 Å². The molecular weight excluding hydrogens is 282 g/mol. The second-order valence-electron chi connectivity index (χ2n) is 4.99. The first-order valence-electron chi connectivity index (χ1n) is 7.30. The Bertz CT molecular complexity index is 525. The van der Waals surface area contributed by atoms with Crippen molar-refractivity contribution in [2.75, 3.05) is 51.8 Å². The van der Waals surface area contributed by atoms with Gasteiger partial charge in [0.2, 0.25) is 0 Å². The third-order valence-corrected chi connectivity index (χ3v) is 3.70. The van der Waals surface area contributed by atoms with Gasteiger partial charge in [-0.15, -0.1) is 6.58 Å². The summed E-state index contributed by atoms with van der Waals surface area (Å²) in [5.74, 6) is 1.43. The van der Waals surface area contributed by atoms with Gasteiger partial charge in [-0.1, -0.05) is 6.08 Å². The Hall–Kier alpha value is -2.37. The number of carbonyl (C=O) groups is 1. The average molecular weight is 305 g/mol. The Kier molecular flexibility index (Phi) is 5.52. The zero-order valence-corrected chi connectivity index (χ0v) is 13.2. The number of nitrogens with one attached hydrogen (secondary N) is 1. The molecular formula is C16H23N3O3. The summed E-state index contributed by atoms with van der Waals surface area (Å²) in [5, 5.41) is 2.80. The van der Waals surface area contributed by atoms with Gasteiger partial charge in [0.05, 0.1) is 14.2 Å². The normalized spacial score (nSPS) is 14.5. The van der Waals surface area contributed by atoms with E-state index in [0.717, 1.165) is 18.8 Å². The Labute approximate surface area is 131 Å². The van der Waals surface area contributed by atoms with Crippen molar-refractivity contribution in [1.82, 2.24) is 10.2 Å². The molecule has 0 bridgehead atoms. The van der Waals surface area contributed by atoms with Gasteiger partial charge in [-0.3, -0.25) is 0 Å². The molecule has 1 aliphatic rings. The monoisotopic (exact) mass is 305 g/mol. The van der Waals surface area contributed by atoms with Crippen molar-refractivity contribution in [2.45, 2.75) is 0 Å². The van der Waals surface area contributed by atoms with Gasteiger partial charge < -0.3 is 24.6 Å². The fourth-order valence-corrected chi connectivity index (χ4v) is 2.46. The van der Waals surface area contributed by atoms with Crippen LogP contribution in [0.15, 0.2) is 30.9 Å². The van der Waals surface area contributed by atoms with E-state index in [4.69, 9.17) is 9.47 Å². The summed E-state index contributed by atoms with van der Waals surface area (Å²) in [5.41, 5.74) is 1.07. The molecule has 22 heavy (non-hydrogen) atoms. The first-order chi connectivity index (χ1) is 10.7. The second-order valence-corrected chi connectivity index (χ2v) is 4.99. The summed E-state index contributed by atoms with van der Waals surface area (Å²) < 4.78 is 10.6. The van der Waals surface area contributed by atoms with Crippen molar-refractivity contribution in [1.29, 1.82) is 0 Å². The largest absolute Gasteiger partial charge is 0.493 e. The summed E-state index contributed by atoms with van der Waals surface area (Å²) in [6, 6.07) is 5.84. The topological polar surface area (TPSA) is 54.0 Å². The molecule has 1 aromatic carbocycles. The van der Waals surface area contributed by atoms with E-state index in [0.29, 0.717) is 31.1 Å². The second kappa shape index (κ2) is 7.59. The molecule has 0 atom stereocenters. The van der Waals surface area contributed by atoms with Crippen LogP contribution in [0.1, 0.15) is 0 Å². The van der Waals surface area contributed by atoms with Crippen LogP contribution in [-0.2, 0) is 0 Å². The van der Waals surface area contributed by atoms with Gasteiger partial charge >= 0.3 is 6.03 Å². The van der Waals surface area contributed by atoms with Gasteiger partial charge in [-0.05, 0) is 12.1 Å². The number of methoxy groups -OCH3 is 2. The fraction of sp³-hybridized carbons (Fsp3) is 0.438. The van der Waals surface area contributed by atoms with E-state index in [1.807, 2.05) is 23.1 Å². The predicted octanol–water partition coefficient (Wildman–Crippen LogP) is 1.72. The smallest absolute Gasteiger partial charge is 0.317 e. The van der Waals surface area contributed by atoms with E-state index in [-0.39, 0.29) is 6.03 Å². The lowest BCUT2D eigenvalue weighted by Gasteiger charge is -2.36. The van der Waals surface area contributed by atoms with Gasteiger partial charge in [0.1, 0.15) is 0 Å². The number of carbonyl (C=O) groups excluding carboxylic acids is 1. The van der Waals surface area contributed by atoms with Crippen LogP contribution in [0.4, 0.5) is 10.5 Å². The van der Waals surface area contributed by atoms with Crippen molar-refractivity contribution in [2.24, 2.45) is 0 Å². The molecule has 6 heteroatoms. The highest BCUT2D eigenvalue weighted by Gasteiger charge is 2.21. The number of hydrogen-bond donors (Lipinski definition) is 1. The number of nitrogens with zero attached hydrogens (tertiary/aromatic N) is 2. The van der Waals surface area contributed by atoms with Gasteiger partial charge in [-0.25, -0.2) is 4.79 Å². The number of hydrogen-bond acceptors (Lipinski definition) is 4. The van der Waals surface area contributed by atoms with Crippen LogP contribution in [0.25, 0.3) is 0 Å². The molecule has 1 N–H and O–H groups in total. The lowest BCUT2D eigenvalue weighted by atomic mass is 10.2. The summed E-state index contributed by atoms with van der Waals surface area (Å²) in [6.07, 6.45) is 1.68. The van der Waals surface area contributed by atoms with Crippen molar-refractivity contribution in [3.05, 3.63) is 30.9 Å². The number of ether oxygens (including phenoxy) is 2. The third-order valence-electron chi connectivity index (χ3n) is 3.70. The highest BCUT2D eigenvalue weighted by Crippen LogP contribution is 2.31. The zero-order chi connectivity index (χ0) is 15.9. The average Bonchev–Trinajstić information content (AvgIpc) is 2.59. The van der Waals surface area contributed by atoms with Crippen LogP contribution in [0, 0.1) is 0 Å². The maximum atomic E-state index is 11.9. The summed E-state index contributed by atoms with van der Waals surface area (Å²) >= 11 is 0. The minimum absolute atomic E-state index is 0.0353. The van der Waals surface area contributed by atoms with E-state index in [9.17, 15) is 4.79 Å². The zero-order valence-electron chi connectivity index (χ0n) is 13.2. The van der Waals surface area contributed by atoms with Crippen LogP contribution >= 0.6 is 0 Å². The molecule has 1 heterocycles. The number of piperazine rings is 1. The van der Waals surface area contributed by atoms with Crippen LogP contribution < -0.4 is 19.7 Å². The molecule has 0 radical (unpaired) electrons. The Morgan fingerprint density at radius 1 is 1.23 bits per heavy atom.